The summed E-state index contributed by atoms with van der Waals surface area (Å²) in [7, 11) is 0. The SMILES string of the molecule is NC(N)=NN=Cc1c2ccccc2c(C=NN=C(N)N)c2cc([N+](=O)[O-])ccc12. The Kier molecular flexibility index (Phi) is 5.30. The summed E-state index contributed by atoms with van der Waals surface area (Å²) >= 11 is 0. The average Bonchev–Trinajstić information content (AvgIpc) is 2.68. The van der Waals surface area contributed by atoms with E-state index in [0.29, 0.717) is 21.9 Å². The summed E-state index contributed by atoms with van der Waals surface area (Å²) in [5, 5.41) is 29.2. The second kappa shape index (κ2) is 8.00. The third kappa shape index (κ3) is 4.08. The Morgan fingerprint density at radius 1 is 0.793 bits per heavy atom. The number of fused-ring (bicyclic) bond motifs is 2. The van der Waals surface area contributed by atoms with Crippen LogP contribution in [-0.2, 0) is 0 Å². The van der Waals surface area contributed by atoms with Crippen LogP contribution in [0.15, 0.2) is 62.9 Å². The largest absolute Gasteiger partial charge is 0.369 e. The molecule has 0 radical (unpaired) electrons. The number of non-ortho nitro benzene ring substituents is 1. The highest BCUT2D eigenvalue weighted by Gasteiger charge is 2.15. The van der Waals surface area contributed by atoms with Gasteiger partial charge in [0.15, 0.2) is 0 Å². The van der Waals surface area contributed by atoms with E-state index in [1.807, 2.05) is 24.3 Å². The van der Waals surface area contributed by atoms with E-state index in [2.05, 4.69) is 20.4 Å². The van der Waals surface area contributed by atoms with Crippen LogP contribution < -0.4 is 22.9 Å². The number of hydrogen-bond acceptors (Lipinski definition) is 6. The van der Waals surface area contributed by atoms with Crippen molar-refractivity contribution in [3.05, 3.63) is 63.7 Å². The van der Waals surface area contributed by atoms with Crippen LogP contribution in [0, 0.1) is 10.1 Å². The number of nitro benzene ring substituents is 1. The Hall–Kier alpha value is -4.54. The zero-order valence-electron chi connectivity index (χ0n) is 15.1. The number of hydrogen-bond donors (Lipinski definition) is 4. The van der Waals surface area contributed by atoms with Gasteiger partial charge in [0.05, 0.1) is 17.4 Å². The molecule has 0 saturated carbocycles. The van der Waals surface area contributed by atoms with Gasteiger partial charge in [0.1, 0.15) is 0 Å². The van der Waals surface area contributed by atoms with Crippen LogP contribution in [0.2, 0.25) is 0 Å². The molecular weight excluding hydrogens is 374 g/mol. The number of nitro groups is 1. The van der Waals surface area contributed by atoms with E-state index >= 15 is 0 Å². The fourth-order valence-electron chi connectivity index (χ4n) is 2.93. The van der Waals surface area contributed by atoms with E-state index in [1.165, 1.54) is 24.6 Å². The maximum Gasteiger partial charge on any atom is 0.270 e. The standard InChI is InChI=1S/C18H17N9O2/c19-17(20)25-23-8-15-11-3-1-2-4-12(11)16(9-24-26-18(21)22)14-7-10(27(28)29)5-6-13(14)15/h1-9H,(H4,19,20,25)(H4,21,22,26). The molecule has 0 spiro atoms. The van der Waals surface area contributed by atoms with Gasteiger partial charge in [-0.2, -0.15) is 10.2 Å². The number of nitrogens with zero attached hydrogens (tertiary/aromatic N) is 5. The molecule has 0 heterocycles. The van der Waals surface area contributed by atoms with Crippen LogP contribution in [0.5, 0.6) is 0 Å². The minimum absolute atomic E-state index is 0.0728. The van der Waals surface area contributed by atoms with Gasteiger partial charge in [-0.15, -0.1) is 10.2 Å². The van der Waals surface area contributed by atoms with Crippen molar-refractivity contribution in [3.8, 4) is 0 Å². The monoisotopic (exact) mass is 391 g/mol. The van der Waals surface area contributed by atoms with E-state index in [0.717, 1.165) is 10.8 Å². The van der Waals surface area contributed by atoms with E-state index in [4.69, 9.17) is 22.9 Å². The van der Waals surface area contributed by atoms with Crippen LogP contribution in [0.1, 0.15) is 11.1 Å². The molecule has 0 aliphatic heterocycles. The van der Waals surface area contributed by atoms with Crippen LogP contribution in [0.25, 0.3) is 21.5 Å². The first-order valence-corrected chi connectivity index (χ1v) is 8.25. The van der Waals surface area contributed by atoms with Gasteiger partial charge in [-0.1, -0.05) is 24.3 Å². The highest BCUT2D eigenvalue weighted by molar-refractivity contribution is 6.21. The fourth-order valence-corrected chi connectivity index (χ4v) is 2.93. The maximum atomic E-state index is 11.3. The number of benzene rings is 3. The molecule has 146 valence electrons. The van der Waals surface area contributed by atoms with Crippen molar-refractivity contribution in [3.63, 3.8) is 0 Å². The van der Waals surface area contributed by atoms with Gasteiger partial charge in [0.25, 0.3) is 5.69 Å². The minimum Gasteiger partial charge on any atom is -0.369 e. The summed E-state index contributed by atoms with van der Waals surface area (Å²) in [6.07, 6.45) is 2.94. The molecule has 11 nitrogen and oxygen atoms in total. The van der Waals surface area contributed by atoms with Gasteiger partial charge in [0.2, 0.25) is 11.9 Å². The average molecular weight is 391 g/mol. The Morgan fingerprint density at radius 3 is 1.76 bits per heavy atom. The molecule has 11 heteroatoms. The van der Waals surface area contributed by atoms with Gasteiger partial charge in [-0.25, -0.2) is 0 Å². The zero-order valence-corrected chi connectivity index (χ0v) is 15.1. The zero-order chi connectivity index (χ0) is 21.0. The Balaban J connectivity index is 2.43. The van der Waals surface area contributed by atoms with Crippen molar-refractivity contribution in [1.29, 1.82) is 0 Å². The van der Waals surface area contributed by atoms with Gasteiger partial charge in [0, 0.05) is 23.3 Å². The molecule has 3 rings (SSSR count). The molecule has 0 fully saturated rings. The third-order valence-corrected chi connectivity index (χ3v) is 4.02. The highest BCUT2D eigenvalue weighted by atomic mass is 16.6. The van der Waals surface area contributed by atoms with Gasteiger partial charge in [-0.05, 0) is 27.6 Å². The molecular formula is C18H17N9O2. The summed E-state index contributed by atoms with van der Waals surface area (Å²) in [5.41, 5.74) is 22.5. The van der Waals surface area contributed by atoms with Gasteiger partial charge in [-0.3, -0.25) is 10.1 Å². The summed E-state index contributed by atoms with van der Waals surface area (Å²) in [5.74, 6) is -0.395. The molecule has 0 saturated heterocycles. The normalized spacial score (nSPS) is 11.3. The van der Waals surface area contributed by atoms with E-state index < -0.39 is 4.92 Å². The van der Waals surface area contributed by atoms with Crippen LogP contribution in [0.3, 0.4) is 0 Å². The quantitative estimate of drug-likeness (QED) is 0.165. The summed E-state index contributed by atoms with van der Waals surface area (Å²) in [6, 6.07) is 11.9. The van der Waals surface area contributed by atoms with Crippen molar-refractivity contribution in [2.24, 2.45) is 43.3 Å². The number of guanidine groups is 2. The molecule has 0 aromatic heterocycles. The molecule has 0 amide bonds. The number of rotatable bonds is 5. The Labute approximate surface area is 164 Å². The van der Waals surface area contributed by atoms with Crippen molar-refractivity contribution in [1.82, 2.24) is 0 Å². The molecule has 3 aromatic rings. The lowest BCUT2D eigenvalue weighted by Crippen LogP contribution is -2.21. The van der Waals surface area contributed by atoms with Crippen molar-refractivity contribution < 1.29 is 4.92 Å². The van der Waals surface area contributed by atoms with Crippen LogP contribution >= 0.6 is 0 Å². The molecule has 0 aliphatic carbocycles. The summed E-state index contributed by atoms with van der Waals surface area (Å²) in [6.45, 7) is 0. The second-order valence-electron chi connectivity index (χ2n) is 5.90. The van der Waals surface area contributed by atoms with E-state index in [9.17, 15) is 10.1 Å². The third-order valence-electron chi connectivity index (χ3n) is 4.02. The molecule has 29 heavy (non-hydrogen) atoms. The van der Waals surface area contributed by atoms with Crippen molar-refractivity contribution in [2.75, 3.05) is 0 Å². The maximum absolute atomic E-state index is 11.3. The molecule has 0 unspecified atom stereocenters. The highest BCUT2D eigenvalue weighted by Crippen LogP contribution is 2.33. The first-order valence-electron chi connectivity index (χ1n) is 8.25. The van der Waals surface area contributed by atoms with Crippen molar-refractivity contribution >= 4 is 51.6 Å². The van der Waals surface area contributed by atoms with E-state index in [-0.39, 0.29) is 17.6 Å². The predicted molar refractivity (Wildman–Crippen MR) is 115 cm³/mol. The fraction of sp³-hybridized carbons (Fsp3) is 0. The smallest absolute Gasteiger partial charge is 0.270 e. The van der Waals surface area contributed by atoms with Crippen molar-refractivity contribution in [2.45, 2.75) is 0 Å². The topological polar surface area (TPSA) is 197 Å². The Morgan fingerprint density at radius 2 is 1.28 bits per heavy atom. The first kappa shape index (κ1) is 19.2. The van der Waals surface area contributed by atoms with Gasteiger partial charge >= 0.3 is 0 Å². The lowest BCUT2D eigenvalue weighted by atomic mass is 9.92. The molecule has 0 bridgehead atoms. The van der Waals surface area contributed by atoms with Crippen LogP contribution in [0.4, 0.5) is 5.69 Å². The second-order valence-corrected chi connectivity index (χ2v) is 5.90. The molecule has 0 atom stereocenters. The summed E-state index contributed by atoms with van der Waals surface area (Å²) in [4.78, 5) is 10.8. The molecule has 0 aliphatic rings. The van der Waals surface area contributed by atoms with Gasteiger partial charge < -0.3 is 22.9 Å². The van der Waals surface area contributed by atoms with Crippen LogP contribution in [-0.4, -0.2) is 29.3 Å². The molecule has 8 N–H and O–H groups in total. The minimum atomic E-state index is -0.473. The summed E-state index contributed by atoms with van der Waals surface area (Å²) < 4.78 is 0. The molecule has 3 aromatic carbocycles. The lowest BCUT2D eigenvalue weighted by molar-refractivity contribution is -0.384. The first-order chi connectivity index (χ1) is 13.9. The number of nitrogens with two attached hydrogens (primary N) is 4. The Bertz CT molecular complexity index is 1220. The predicted octanol–water partition coefficient (Wildman–Crippen LogP) is 1.12. The van der Waals surface area contributed by atoms with E-state index in [1.54, 1.807) is 6.07 Å². The lowest BCUT2D eigenvalue weighted by Gasteiger charge is -2.11.